The molecule has 0 spiro atoms. The highest BCUT2D eigenvalue weighted by molar-refractivity contribution is 5.49. The summed E-state index contributed by atoms with van der Waals surface area (Å²) in [6.45, 7) is 0.779. The molecule has 0 radical (unpaired) electrons. The van der Waals surface area contributed by atoms with Gasteiger partial charge in [-0.1, -0.05) is 30.3 Å². The van der Waals surface area contributed by atoms with Gasteiger partial charge in [-0.25, -0.2) is 0 Å². The van der Waals surface area contributed by atoms with Crippen LogP contribution in [0.15, 0.2) is 42.5 Å². The zero-order chi connectivity index (χ0) is 13.9. The maximum Gasteiger partial charge on any atom is 0.127 e. The molecule has 0 aromatic heterocycles. The van der Waals surface area contributed by atoms with Crippen LogP contribution in [0.1, 0.15) is 22.7 Å². The highest BCUT2D eigenvalue weighted by Gasteiger charge is 2.22. The van der Waals surface area contributed by atoms with Crippen LogP contribution in [-0.4, -0.2) is 20.8 Å². The van der Waals surface area contributed by atoms with Crippen molar-refractivity contribution in [3.05, 3.63) is 59.2 Å². The van der Waals surface area contributed by atoms with E-state index in [1.165, 1.54) is 16.7 Å². The molecule has 1 atom stereocenters. The van der Waals surface area contributed by atoms with Gasteiger partial charge in [-0.15, -0.1) is 0 Å². The van der Waals surface area contributed by atoms with E-state index < -0.39 is 0 Å². The molecule has 3 nitrogen and oxygen atoms in total. The van der Waals surface area contributed by atoms with Gasteiger partial charge >= 0.3 is 0 Å². The molecule has 3 heteroatoms. The Balaban J connectivity index is 2.04. The van der Waals surface area contributed by atoms with E-state index in [9.17, 15) is 0 Å². The smallest absolute Gasteiger partial charge is 0.127 e. The Bertz CT molecular complexity index is 610. The van der Waals surface area contributed by atoms with Gasteiger partial charge in [-0.2, -0.15) is 0 Å². The number of ether oxygens (including phenoxy) is 2. The summed E-state index contributed by atoms with van der Waals surface area (Å²) in [5.74, 6) is 1.91. The molecule has 0 amide bonds. The zero-order valence-electron chi connectivity index (χ0n) is 11.8. The van der Waals surface area contributed by atoms with Gasteiger partial charge in [0.2, 0.25) is 0 Å². The molecule has 0 bridgehead atoms. The Morgan fingerprint density at radius 3 is 2.85 bits per heavy atom. The molecule has 2 aromatic carbocycles. The van der Waals surface area contributed by atoms with Crippen molar-refractivity contribution in [2.45, 2.75) is 12.5 Å². The molecule has 1 unspecified atom stereocenters. The number of hydrogen-bond acceptors (Lipinski definition) is 3. The van der Waals surface area contributed by atoms with E-state index in [-0.39, 0.29) is 6.04 Å². The van der Waals surface area contributed by atoms with Crippen LogP contribution in [-0.2, 0) is 6.42 Å². The summed E-state index contributed by atoms with van der Waals surface area (Å²) >= 11 is 0. The second-order valence-corrected chi connectivity index (χ2v) is 4.93. The number of para-hydroxylation sites is 1. The summed E-state index contributed by atoms with van der Waals surface area (Å²) in [5, 5.41) is 3.38. The summed E-state index contributed by atoms with van der Waals surface area (Å²) in [5.41, 5.74) is 3.66. The van der Waals surface area contributed by atoms with Crippen molar-refractivity contribution >= 4 is 0 Å². The van der Waals surface area contributed by atoms with Crippen molar-refractivity contribution in [3.8, 4) is 11.5 Å². The van der Waals surface area contributed by atoms with Crippen LogP contribution < -0.4 is 14.8 Å². The summed E-state index contributed by atoms with van der Waals surface area (Å²) in [7, 11) is 3.66. The molecule has 0 saturated heterocycles. The van der Waals surface area contributed by atoms with Crippen LogP contribution in [0.25, 0.3) is 0 Å². The van der Waals surface area contributed by atoms with Gasteiger partial charge in [0.15, 0.2) is 0 Å². The van der Waals surface area contributed by atoms with Crippen LogP contribution in [0.4, 0.5) is 0 Å². The predicted molar refractivity (Wildman–Crippen MR) is 79.5 cm³/mol. The lowest BCUT2D eigenvalue weighted by atomic mass is 9.96. The molecular weight excluding hydrogens is 250 g/mol. The van der Waals surface area contributed by atoms with Crippen molar-refractivity contribution in [2.24, 2.45) is 0 Å². The van der Waals surface area contributed by atoms with Gasteiger partial charge in [0.05, 0.1) is 19.8 Å². The molecule has 0 fully saturated rings. The van der Waals surface area contributed by atoms with Crippen molar-refractivity contribution in [3.63, 3.8) is 0 Å². The highest BCUT2D eigenvalue weighted by Crippen LogP contribution is 2.36. The standard InChI is InChI=1S/C17H19NO2/c1-18-16(13-6-3-7-14(11-13)19-2)15-8-4-5-12-9-10-20-17(12)15/h3-8,11,16,18H,9-10H2,1-2H3. The Morgan fingerprint density at radius 1 is 1.20 bits per heavy atom. The molecule has 1 aliphatic heterocycles. The first-order chi connectivity index (χ1) is 9.83. The second kappa shape index (κ2) is 5.55. The summed E-state index contributed by atoms with van der Waals surface area (Å²) in [6, 6.07) is 14.6. The molecule has 0 aliphatic carbocycles. The minimum atomic E-state index is 0.109. The fraction of sp³-hybridized carbons (Fsp3) is 0.294. The molecule has 3 rings (SSSR count). The van der Waals surface area contributed by atoms with E-state index in [2.05, 4.69) is 35.6 Å². The SMILES string of the molecule is CNC(c1cccc(OC)c1)c1cccc2c1OCC2. The van der Waals surface area contributed by atoms with Crippen LogP contribution in [0.3, 0.4) is 0 Å². The fourth-order valence-electron chi connectivity index (χ4n) is 2.79. The number of benzene rings is 2. The van der Waals surface area contributed by atoms with Crippen LogP contribution >= 0.6 is 0 Å². The lowest BCUT2D eigenvalue weighted by Gasteiger charge is -2.20. The van der Waals surface area contributed by atoms with Crippen LogP contribution in [0.5, 0.6) is 11.5 Å². The molecule has 2 aromatic rings. The van der Waals surface area contributed by atoms with Crippen molar-refractivity contribution in [1.29, 1.82) is 0 Å². The quantitative estimate of drug-likeness (QED) is 0.925. The van der Waals surface area contributed by atoms with E-state index in [4.69, 9.17) is 9.47 Å². The normalized spacial score (nSPS) is 14.5. The average molecular weight is 269 g/mol. The highest BCUT2D eigenvalue weighted by atomic mass is 16.5. The first-order valence-electron chi connectivity index (χ1n) is 6.89. The van der Waals surface area contributed by atoms with E-state index in [0.29, 0.717) is 0 Å². The first-order valence-corrected chi connectivity index (χ1v) is 6.89. The number of rotatable bonds is 4. The predicted octanol–water partition coefficient (Wildman–Crippen LogP) is 2.94. The minimum Gasteiger partial charge on any atom is -0.497 e. The number of nitrogens with one attached hydrogen (secondary N) is 1. The fourth-order valence-corrected chi connectivity index (χ4v) is 2.79. The van der Waals surface area contributed by atoms with Crippen LogP contribution in [0, 0.1) is 0 Å². The van der Waals surface area contributed by atoms with E-state index in [1.807, 2.05) is 19.2 Å². The van der Waals surface area contributed by atoms with Gasteiger partial charge in [0, 0.05) is 12.0 Å². The third-order valence-electron chi connectivity index (χ3n) is 3.77. The Hall–Kier alpha value is -2.00. The van der Waals surface area contributed by atoms with Gasteiger partial charge in [-0.05, 0) is 30.3 Å². The van der Waals surface area contributed by atoms with Gasteiger partial charge in [0.25, 0.3) is 0 Å². The lowest BCUT2D eigenvalue weighted by molar-refractivity contribution is 0.351. The molecule has 1 aliphatic rings. The molecule has 20 heavy (non-hydrogen) atoms. The molecule has 104 valence electrons. The Kier molecular flexibility index (Phi) is 3.61. The summed E-state index contributed by atoms with van der Waals surface area (Å²) in [4.78, 5) is 0. The van der Waals surface area contributed by atoms with Crippen molar-refractivity contribution in [1.82, 2.24) is 5.32 Å². The van der Waals surface area contributed by atoms with E-state index in [1.54, 1.807) is 7.11 Å². The molecule has 1 heterocycles. The largest absolute Gasteiger partial charge is 0.497 e. The monoisotopic (exact) mass is 269 g/mol. The van der Waals surface area contributed by atoms with E-state index >= 15 is 0 Å². The molecule has 1 N–H and O–H groups in total. The zero-order valence-corrected chi connectivity index (χ0v) is 11.8. The van der Waals surface area contributed by atoms with Crippen molar-refractivity contribution in [2.75, 3.05) is 20.8 Å². The van der Waals surface area contributed by atoms with E-state index in [0.717, 1.165) is 24.5 Å². The maximum absolute atomic E-state index is 5.82. The third-order valence-corrected chi connectivity index (χ3v) is 3.77. The van der Waals surface area contributed by atoms with Gasteiger partial charge in [-0.3, -0.25) is 0 Å². The number of fused-ring (bicyclic) bond motifs is 1. The second-order valence-electron chi connectivity index (χ2n) is 4.93. The Labute approximate surface area is 119 Å². The number of hydrogen-bond donors (Lipinski definition) is 1. The van der Waals surface area contributed by atoms with Gasteiger partial charge in [0.1, 0.15) is 11.5 Å². The average Bonchev–Trinajstić information content (AvgIpc) is 2.97. The maximum atomic E-state index is 5.82. The van der Waals surface area contributed by atoms with Crippen LogP contribution in [0.2, 0.25) is 0 Å². The third kappa shape index (κ3) is 2.25. The minimum absolute atomic E-state index is 0.109. The van der Waals surface area contributed by atoms with Crippen molar-refractivity contribution < 1.29 is 9.47 Å². The topological polar surface area (TPSA) is 30.5 Å². The lowest BCUT2D eigenvalue weighted by Crippen LogP contribution is -2.18. The Morgan fingerprint density at radius 2 is 2.05 bits per heavy atom. The summed E-state index contributed by atoms with van der Waals surface area (Å²) < 4.78 is 11.1. The first kappa shape index (κ1) is 13.0. The van der Waals surface area contributed by atoms with Gasteiger partial charge < -0.3 is 14.8 Å². The molecular formula is C17H19NO2. The number of methoxy groups -OCH3 is 1. The summed E-state index contributed by atoms with van der Waals surface area (Å²) in [6.07, 6.45) is 0.998. The molecule has 0 saturated carbocycles.